The van der Waals surface area contributed by atoms with Gasteiger partial charge in [0.25, 0.3) is 0 Å². The van der Waals surface area contributed by atoms with Crippen LogP contribution in [0, 0.1) is 3.57 Å². The maximum atomic E-state index is 12.5. The molecule has 0 bridgehead atoms. The lowest BCUT2D eigenvalue weighted by atomic mass is 10.0. The first-order valence-corrected chi connectivity index (χ1v) is 5.08. The minimum Gasteiger partial charge on any atom is -0.298 e. The lowest BCUT2D eigenvalue weighted by Gasteiger charge is -2.14. The molecule has 1 aromatic rings. The van der Waals surface area contributed by atoms with Gasteiger partial charge in [0.1, 0.15) is 0 Å². The summed E-state index contributed by atoms with van der Waals surface area (Å²) in [6, 6.07) is 0.436. The molecule has 0 saturated heterocycles. The number of alkyl halides is 6. The molecule has 0 amide bonds. The maximum absolute atomic E-state index is 12.5. The second kappa shape index (κ2) is 4.46. The van der Waals surface area contributed by atoms with Gasteiger partial charge in [0, 0.05) is 9.13 Å². The van der Waals surface area contributed by atoms with Crippen molar-refractivity contribution in [2.24, 2.45) is 0 Å². The Morgan fingerprint density at radius 1 is 1.00 bits per heavy atom. The quantitative estimate of drug-likeness (QED) is 0.414. The molecule has 0 aliphatic carbocycles. The van der Waals surface area contributed by atoms with Gasteiger partial charge in [0.05, 0.1) is 11.1 Å². The van der Waals surface area contributed by atoms with Crippen LogP contribution in [0.15, 0.2) is 12.1 Å². The van der Waals surface area contributed by atoms with Gasteiger partial charge in [0.15, 0.2) is 6.29 Å². The number of rotatable bonds is 1. The molecular formula is C9H3F6IO. The summed E-state index contributed by atoms with van der Waals surface area (Å²) in [4.78, 5) is 10.5. The predicted molar refractivity (Wildman–Crippen MR) is 54.6 cm³/mol. The predicted octanol–water partition coefficient (Wildman–Crippen LogP) is 4.14. The second-order valence-electron chi connectivity index (χ2n) is 3.03. The third-order valence-electron chi connectivity index (χ3n) is 1.88. The third-order valence-corrected chi connectivity index (χ3v) is 2.77. The van der Waals surface area contributed by atoms with Gasteiger partial charge in [-0.05, 0) is 34.7 Å². The van der Waals surface area contributed by atoms with Gasteiger partial charge < -0.3 is 0 Å². The monoisotopic (exact) mass is 368 g/mol. The van der Waals surface area contributed by atoms with Gasteiger partial charge in [-0.25, -0.2) is 0 Å². The first-order chi connectivity index (χ1) is 7.57. The molecule has 1 nitrogen and oxygen atoms in total. The highest BCUT2D eigenvalue weighted by atomic mass is 127. The molecule has 0 aliphatic heterocycles. The van der Waals surface area contributed by atoms with E-state index < -0.39 is 29.0 Å². The molecule has 0 aliphatic rings. The number of hydrogen-bond donors (Lipinski definition) is 0. The van der Waals surface area contributed by atoms with E-state index in [1.54, 1.807) is 0 Å². The number of carbonyl (C=O) groups excluding carboxylic acids is 1. The lowest BCUT2D eigenvalue weighted by Crippen LogP contribution is -2.14. The number of benzene rings is 1. The van der Waals surface area contributed by atoms with Crippen molar-refractivity contribution < 1.29 is 31.1 Å². The van der Waals surface area contributed by atoms with E-state index in [0.717, 1.165) is 0 Å². The first kappa shape index (κ1) is 14.3. The van der Waals surface area contributed by atoms with Crippen LogP contribution in [-0.2, 0) is 12.4 Å². The van der Waals surface area contributed by atoms with Crippen molar-refractivity contribution in [1.82, 2.24) is 0 Å². The van der Waals surface area contributed by atoms with E-state index in [9.17, 15) is 31.1 Å². The van der Waals surface area contributed by atoms with Crippen LogP contribution in [0.1, 0.15) is 21.5 Å². The summed E-state index contributed by atoms with van der Waals surface area (Å²) in [5, 5.41) is 0. The minimum atomic E-state index is -5.00. The Labute approximate surface area is 105 Å². The van der Waals surface area contributed by atoms with Crippen LogP contribution >= 0.6 is 22.6 Å². The Morgan fingerprint density at radius 2 is 1.53 bits per heavy atom. The molecule has 0 unspecified atom stereocenters. The normalized spacial score (nSPS) is 12.6. The largest absolute Gasteiger partial charge is 0.417 e. The van der Waals surface area contributed by atoms with E-state index in [1.807, 2.05) is 0 Å². The Bertz CT molecular complexity index is 448. The summed E-state index contributed by atoms with van der Waals surface area (Å²) in [5.41, 5.74) is -3.79. The topological polar surface area (TPSA) is 17.1 Å². The first-order valence-electron chi connectivity index (χ1n) is 4.00. The molecule has 0 spiro atoms. The summed E-state index contributed by atoms with van der Waals surface area (Å²) in [7, 11) is 0. The van der Waals surface area contributed by atoms with Crippen molar-refractivity contribution in [2.45, 2.75) is 12.4 Å². The van der Waals surface area contributed by atoms with Crippen LogP contribution in [0.25, 0.3) is 0 Å². The lowest BCUT2D eigenvalue weighted by molar-refractivity contribution is -0.143. The number of hydrogen-bond acceptors (Lipinski definition) is 1. The molecule has 8 heteroatoms. The summed E-state index contributed by atoms with van der Waals surface area (Å²) in [5.74, 6) is 0. The maximum Gasteiger partial charge on any atom is 0.417 e. The van der Waals surface area contributed by atoms with E-state index in [2.05, 4.69) is 0 Å². The van der Waals surface area contributed by atoms with E-state index in [-0.39, 0.29) is 15.9 Å². The van der Waals surface area contributed by atoms with Crippen LogP contribution in [0.5, 0.6) is 0 Å². The molecular weight excluding hydrogens is 365 g/mol. The molecule has 1 rings (SSSR count). The van der Waals surface area contributed by atoms with Crippen molar-refractivity contribution in [3.05, 3.63) is 32.4 Å². The summed E-state index contributed by atoms with van der Waals surface area (Å²) >= 11 is 1.26. The van der Waals surface area contributed by atoms with Crippen LogP contribution in [-0.4, -0.2) is 6.29 Å². The van der Waals surface area contributed by atoms with Crippen LogP contribution in [0.2, 0.25) is 0 Å². The van der Waals surface area contributed by atoms with Gasteiger partial charge in [-0.15, -0.1) is 0 Å². The van der Waals surface area contributed by atoms with Crippen LogP contribution < -0.4 is 0 Å². The highest BCUT2D eigenvalue weighted by Gasteiger charge is 2.39. The number of halogens is 7. The number of aldehydes is 1. The van der Waals surface area contributed by atoms with Gasteiger partial charge >= 0.3 is 12.4 Å². The number of carbonyl (C=O) groups is 1. The fourth-order valence-corrected chi connectivity index (χ4v) is 1.89. The van der Waals surface area contributed by atoms with E-state index in [4.69, 9.17) is 0 Å². The van der Waals surface area contributed by atoms with Gasteiger partial charge in [-0.1, -0.05) is 0 Å². The Kier molecular flexibility index (Phi) is 3.75. The average Bonchev–Trinajstić information content (AvgIpc) is 2.13. The van der Waals surface area contributed by atoms with Gasteiger partial charge in [0.2, 0.25) is 0 Å². The molecule has 1 aromatic carbocycles. The van der Waals surface area contributed by atoms with Crippen molar-refractivity contribution in [1.29, 1.82) is 0 Å². The van der Waals surface area contributed by atoms with E-state index >= 15 is 0 Å². The zero-order valence-electron chi connectivity index (χ0n) is 7.79. The summed E-state index contributed by atoms with van der Waals surface area (Å²) in [6.45, 7) is 0. The average molecular weight is 368 g/mol. The molecule has 17 heavy (non-hydrogen) atoms. The van der Waals surface area contributed by atoms with Crippen molar-refractivity contribution in [3.63, 3.8) is 0 Å². The third kappa shape index (κ3) is 3.11. The second-order valence-corrected chi connectivity index (χ2v) is 4.19. The SMILES string of the molecule is O=Cc1c(I)cc(C(F)(F)F)cc1C(F)(F)F. The van der Waals surface area contributed by atoms with Crippen LogP contribution in [0.3, 0.4) is 0 Å². The molecule has 94 valence electrons. The molecule has 0 radical (unpaired) electrons. The van der Waals surface area contributed by atoms with Crippen molar-refractivity contribution in [3.8, 4) is 0 Å². The fourth-order valence-electron chi connectivity index (χ4n) is 1.14. The molecule has 0 aromatic heterocycles. The Hall–Kier alpha value is -0.800. The molecule has 0 saturated carbocycles. The van der Waals surface area contributed by atoms with Gasteiger partial charge in [-0.2, -0.15) is 26.3 Å². The molecule has 0 fully saturated rings. The van der Waals surface area contributed by atoms with Crippen molar-refractivity contribution >= 4 is 28.9 Å². The Balaban J connectivity index is 3.56. The summed E-state index contributed by atoms with van der Waals surface area (Å²) < 4.78 is 73.9. The minimum absolute atomic E-state index is 0.0636. The smallest absolute Gasteiger partial charge is 0.298 e. The zero-order valence-corrected chi connectivity index (χ0v) is 9.94. The Morgan fingerprint density at radius 3 is 1.88 bits per heavy atom. The zero-order chi connectivity index (χ0) is 13.4. The van der Waals surface area contributed by atoms with Gasteiger partial charge in [-0.3, -0.25) is 4.79 Å². The highest BCUT2D eigenvalue weighted by Crippen LogP contribution is 2.38. The molecule has 0 atom stereocenters. The standard InChI is InChI=1S/C9H3F6IO/c10-8(11,12)4-1-6(9(13,14)15)5(3-17)7(16)2-4/h1-3H. The van der Waals surface area contributed by atoms with Crippen LogP contribution in [0.4, 0.5) is 26.3 Å². The summed E-state index contributed by atoms with van der Waals surface area (Å²) in [6.07, 6.45) is -10.00. The van der Waals surface area contributed by atoms with E-state index in [0.29, 0.717) is 6.07 Å². The molecule has 0 N–H and O–H groups in total. The molecule has 0 heterocycles. The highest BCUT2D eigenvalue weighted by molar-refractivity contribution is 14.1. The van der Waals surface area contributed by atoms with E-state index in [1.165, 1.54) is 22.6 Å². The van der Waals surface area contributed by atoms with Crippen molar-refractivity contribution in [2.75, 3.05) is 0 Å². The fraction of sp³-hybridized carbons (Fsp3) is 0.222.